The van der Waals surface area contributed by atoms with Crippen LogP contribution >= 0.6 is 22.6 Å². The maximum atomic E-state index is 13.9. The van der Waals surface area contributed by atoms with Gasteiger partial charge in [-0.2, -0.15) is 0 Å². The number of anilines is 1. The molecule has 0 radical (unpaired) electrons. The quantitative estimate of drug-likeness (QED) is 0.646. The number of nitrogens with two attached hydrogens (primary N) is 1. The topological polar surface area (TPSA) is 81.2 Å². The number of hydrogen-bond acceptors (Lipinski definition) is 4. The molecule has 0 bridgehead atoms. The second kappa shape index (κ2) is 5.91. The van der Waals surface area contributed by atoms with Gasteiger partial charge < -0.3 is 15.5 Å². The van der Waals surface area contributed by atoms with E-state index >= 15 is 0 Å². The number of fused-ring (bicyclic) bond motifs is 1. The van der Waals surface area contributed by atoms with E-state index < -0.39 is 5.91 Å². The monoisotopic (exact) mass is 411 g/mol. The molecule has 3 N–H and O–H groups in total. The fraction of sp³-hybridized carbons (Fsp3) is 0.0667. The number of nitrogens with zero attached hydrogens (tertiary/aromatic N) is 1. The number of carbonyl (C=O) groups excluding carboxylic acids is 1. The van der Waals surface area contributed by atoms with E-state index in [9.17, 15) is 9.18 Å². The minimum absolute atomic E-state index is 0.0569. The highest BCUT2D eigenvalue weighted by Gasteiger charge is 2.18. The van der Waals surface area contributed by atoms with Crippen molar-refractivity contribution in [1.82, 2.24) is 4.98 Å². The molecule has 2 heterocycles. The highest BCUT2D eigenvalue weighted by Crippen LogP contribution is 2.26. The molecule has 112 valence electrons. The number of furan rings is 1. The lowest BCUT2D eigenvalue weighted by Crippen LogP contribution is -2.13. The first-order valence-corrected chi connectivity index (χ1v) is 7.48. The highest BCUT2D eigenvalue weighted by molar-refractivity contribution is 14.1. The number of nitrogens with one attached hydrogen (secondary N) is 1. The third kappa shape index (κ3) is 2.76. The molecule has 0 spiro atoms. The summed E-state index contributed by atoms with van der Waals surface area (Å²) in [4.78, 5) is 15.5. The van der Waals surface area contributed by atoms with Gasteiger partial charge in [0.1, 0.15) is 11.4 Å². The molecule has 0 saturated heterocycles. The molecule has 0 unspecified atom stereocenters. The first kappa shape index (κ1) is 14.8. The third-order valence-corrected chi connectivity index (χ3v) is 3.87. The van der Waals surface area contributed by atoms with Crippen LogP contribution in [0.25, 0.3) is 11.0 Å². The van der Waals surface area contributed by atoms with Gasteiger partial charge >= 0.3 is 0 Å². The second-order valence-corrected chi connectivity index (χ2v) is 5.87. The van der Waals surface area contributed by atoms with Crippen molar-refractivity contribution in [2.45, 2.75) is 6.54 Å². The average molecular weight is 411 g/mol. The minimum Gasteiger partial charge on any atom is -0.450 e. The summed E-state index contributed by atoms with van der Waals surface area (Å²) < 4.78 is 20.1. The Labute approximate surface area is 138 Å². The number of benzene rings is 1. The van der Waals surface area contributed by atoms with Gasteiger partial charge in [-0.15, -0.1) is 0 Å². The fourth-order valence-electron chi connectivity index (χ4n) is 2.18. The smallest absolute Gasteiger partial charge is 0.284 e. The number of primary amides is 1. The van der Waals surface area contributed by atoms with Gasteiger partial charge in [0.25, 0.3) is 5.91 Å². The molecule has 3 rings (SSSR count). The first-order valence-electron chi connectivity index (χ1n) is 6.40. The van der Waals surface area contributed by atoms with Gasteiger partial charge in [0.05, 0.1) is 5.69 Å². The Kier molecular flexibility index (Phi) is 3.97. The van der Waals surface area contributed by atoms with E-state index in [4.69, 9.17) is 10.2 Å². The van der Waals surface area contributed by atoms with Crippen molar-refractivity contribution in [3.05, 3.63) is 57.4 Å². The van der Waals surface area contributed by atoms with Gasteiger partial charge in [-0.1, -0.05) is 0 Å². The number of amides is 1. The van der Waals surface area contributed by atoms with Crippen molar-refractivity contribution in [1.29, 1.82) is 0 Å². The minimum atomic E-state index is -0.670. The SMILES string of the molecule is NC(=O)c1oc2ccncc2c1CNc1ccc(I)cc1F. The Balaban J connectivity index is 1.96. The normalized spacial score (nSPS) is 10.8. The zero-order valence-electron chi connectivity index (χ0n) is 11.3. The predicted molar refractivity (Wildman–Crippen MR) is 89.0 cm³/mol. The van der Waals surface area contributed by atoms with Crippen molar-refractivity contribution in [2.75, 3.05) is 5.32 Å². The lowest BCUT2D eigenvalue weighted by atomic mass is 10.1. The highest BCUT2D eigenvalue weighted by atomic mass is 127. The largest absolute Gasteiger partial charge is 0.450 e. The lowest BCUT2D eigenvalue weighted by molar-refractivity contribution is 0.0975. The molecule has 22 heavy (non-hydrogen) atoms. The van der Waals surface area contributed by atoms with E-state index in [1.54, 1.807) is 30.6 Å². The van der Waals surface area contributed by atoms with Crippen molar-refractivity contribution in [2.24, 2.45) is 5.73 Å². The Morgan fingerprint density at radius 1 is 1.41 bits per heavy atom. The number of pyridine rings is 1. The molecule has 0 atom stereocenters. The van der Waals surface area contributed by atoms with Crippen LogP contribution in [0.5, 0.6) is 0 Å². The summed E-state index contributed by atoms with van der Waals surface area (Å²) >= 11 is 2.03. The van der Waals surface area contributed by atoms with Crippen LogP contribution in [0.2, 0.25) is 0 Å². The second-order valence-electron chi connectivity index (χ2n) is 4.62. The fourth-order valence-corrected chi connectivity index (χ4v) is 2.64. The molecule has 0 fully saturated rings. The summed E-state index contributed by atoms with van der Waals surface area (Å²) in [5.74, 6) is -0.976. The predicted octanol–water partition coefficient (Wildman–Crippen LogP) is 3.28. The maximum absolute atomic E-state index is 13.9. The van der Waals surface area contributed by atoms with Gasteiger partial charge in [0, 0.05) is 33.5 Å². The van der Waals surface area contributed by atoms with Gasteiger partial charge in [-0.05, 0) is 46.9 Å². The summed E-state index contributed by atoms with van der Waals surface area (Å²) in [6, 6.07) is 6.50. The van der Waals surface area contributed by atoms with Crippen LogP contribution in [0.3, 0.4) is 0 Å². The molecule has 5 nitrogen and oxygen atoms in total. The van der Waals surface area contributed by atoms with Crippen LogP contribution < -0.4 is 11.1 Å². The third-order valence-electron chi connectivity index (χ3n) is 3.20. The summed E-state index contributed by atoms with van der Waals surface area (Å²) in [5.41, 5.74) is 6.76. The van der Waals surface area contributed by atoms with Gasteiger partial charge in [0.2, 0.25) is 0 Å². The molecule has 3 aromatic rings. The number of aromatic nitrogens is 1. The van der Waals surface area contributed by atoms with Gasteiger partial charge in [-0.3, -0.25) is 9.78 Å². The molecular weight excluding hydrogens is 400 g/mol. The average Bonchev–Trinajstić information content (AvgIpc) is 2.85. The van der Waals surface area contributed by atoms with Crippen LogP contribution in [0.4, 0.5) is 10.1 Å². The molecule has 0 aliphatic carbocycles. The molecule has 2 aromatic heterocycles. The Hall–Kier alpha value is -2.16. The summed E-state index contributed by atoms with van der Waals surface area (Å²) in [7, 11) is 0. The van der Waals surface area contributed by atoms with E-state index in [1.807, 2.05) is 22.6 Å². The summed E-state index contributed by atoms with van der Waals surface area (Å²) in [5, 5.41) is 3.63. The molecule has 1 aromatic carbocycles. The van der Waals surface area contributed by atoms with E-state index in [1.165, 1.54) is 6.07 Å². The zero-order valence-corrected chi connectivity index (χ0v) is 13.4. The van der Waals surface area contributed by atoms with Gasteiger partial charge in [-0.25, -0.2) is 4.39 Å². The van der Waals surface area contributed by atoms with Crippen LogP contribution in [0.1, 0.15) is 16.1 Å². The van der Waals surface area contributed by atoms with Crippen molar-refractivity contribution >= 4 is 45.2 Å². The van der Waals surface area contributed by atoms with Crippen LogP contribution in [-0.2, 0) is 6.54 Å². The summed E-state index contributed by atoms with van der Waals surface area (Å²) in [6.45, 7) is 0.203. The van der Waals surface area contributed by atoms with Crippen molar-refractivity contribution in [3.8, 4) is 0 Å². The van der Waals surface area contributed by atoms with Crippen LogP contribution in [-0.4, -0.2) is 10.9 Å². The summed E-state index contributed by atoms with van der Waals surface area (Å²) in [6.07, 6.45) is 3.15. The molecular formula is C15H11FIN3O2. The number of rotatable bonds is 4. The molecule has 0 aliphatic rings. The number of carbonyl (C=O) groups is 1. The maximum Gasteiger partial charge on any atom is 0.284 e. The zero-order chi connectivity index (χ0) is 15.7. The van der Waals surface area contributed by atoms with E-state index in [-0.39, 0.29) is 18.1 Å². The Morgan fingerprint density at radius 3 is 2.95 bits per heavy atom. The molecule has 0 aliphatic heterocycles. The number of halogens is 2. The Morgan fingerprint density at radius 2 is 2.23 bits per heavy atom. The lowest BCUT2D eigenvalue weighted by Gasteiger charge is -2.07. The first-order chi connectivity index (χ1) is 10.6. The Bertz CT molecular complexity index is 863. The van der Waals surface area contributed by atoms with E-state index in [2.05, 4.69) is 10.3 Å². The van der Waals surface area contributed by atoms with E-state index in [0.717, 1.165) is 3.57 Å². The molecule has 0 saturated carbocycles. The van der Waals surface area contributed by atoms with Crippen molar-refractivity contribution < 1.29 is 13.6 Å². The standard InChI is InChI=1S/C15H11FIN3O2/c16-11-5-8(17)1-2-12(11)20-7-10-9-6-19-4-3-13(9)22-14(10)15(18)21/h1-6,20H,7H2,(H2,18,21). The van der Waals surface area contributed by atoms with E-state index in [0.29, 0.717) is 22.2 Å². The molecule has 7 heteroatoms. The van der Waals surface area contributed by atoms with Crippen molar-refractivity contribution in [3.63, 3.8) is 0 Å². The molecule has 1 amide bonds. The van der Waals surface area contributed by atoms with Gasteiger partial charge in [0.15, 0.2) is 5.76 Å². The van der Waals surface area contributed by atoms with Crippen LogP contribution in [0, 0.1) is 9.39 Å². The van der Waals surface area contributed by atoms with Crippen LogP contribution in [0.15, 0.2) is 41.1 Å². The number of hydrogen-bond donors (Lipinski definition) is 2.